The fraction of sp³-hybridized carbons (Fsp3) is 0.379. The first-order valence-electron chi connectivity index (χ1n) is 13.6. The number of aryl methyl sites for hydroxylation is 3. The highest BCUT2D eigenvalue weighted by Gasteiger charge is 2.15. The van der Waals surface area contributed by atoms with Crippen molar-refractivity contribution in [3.05, 3.63) is 91.5 Å². The van der Waals surface area contributed by atoms with Crippen LogP contribution in [0.1, 0.15) is 29.5 Å². The van der Waals surface area contributed by atoms with Crippen molar-refractivity contribution in [2.75, 3.05) is 50.9 Å². The number of nitrogens with zero attached hydrogens (tertiary/aromatic N) is 3. The molecular formula is C29H39N5O8S. The average molecular weight is 618 g/mol. The molecule has 0 aliphatic rings. The molecule has 0 saturated heterocycles. The predicted molar refractivity (Wildman–Crippen MR) is 165 cm³/mol. The van der Waals surface area contributed by atoms with Crippen LogP contribution in [0.4, 0.5) is 22.7 Å². The van der Waals surface area contributed by atoms with Crippen molar-refractivity contribution < 1.29 is 32.4 Å². The molecule has 0 bridgehead atoms. The largest absolute Gasteiger partial charge is 0.744 e. The lowest BCUT2D eigenvalue weighted by molar-refractivity contribution is -0.890. The summed E-state index contributed by atoms with van der Waals surface area (Å²) in [4.78, 5) is 20.7. The summed E-state index contributed by atoms with van der Waals surface area (Å²) >= 11 is 0. The third-order valence-corrected chi connectivity index (χ3v) is 7.75. The first-order valence-corrected chi connectivity index (χ1v) is 15.0. The molecule has 0 atom stereocenters. The van der Waals surface area contributed by atoms with Crippen LogP contribution in [0.15, 0.2) is 59.5 Å². The van der Waals surface area contributed by atoms with Crippen LogP contribution in [0.3, 0.4) is 0 Å². The Morgan fingerprint density at radius 3 is 1.53 bits per heavy atom. The summed E-state index contributed by atoms with van der Waals surface area (Å²) in [5.74, 6) is -0.227. The van der Waals surface area contributed by atoms with E-state index in [0.717, 1.165) is 60.9 Å². The molecule has 0 fully saturated rings. The van der Waals surface area contributed by atoms with Gasteiger partial charge in [0.05, 0.1) is 41.9 Å². The molecule has 0 aliphatic carbocycles. The molecule has 3 aromatic rings. The van der Waals surface area contributed by atoms with E-state index in [1.54, 1.807) is 26.0 Å². The van der Waals surface area contributed by atoms with Crippen molar-refractivity contribution in [2.45, 2.75) is 38.5 Å². The Bertz CT molecular complexity index is 1470. The number of anilines is 2. The van der Waals surface area contributed by atoms with E-state index >= 15 is 0 Å². The molecule has 0 unspecified atom stereocenters. The summed E-state index contributed by atoms with van der Waals surface area (Å²) in [6.45, 7) is 8.61. The van der Waals surface area contributed by atoms with Crippen molar-refractivity contribution in [3.8, 4) is 5.75 Å². The minimum absolute atomic E-state index is 0.140. The quantitative estimate of drug-likeness (QED) is 0.0765. The first kappa shape index (κ1) is 34.9. The molecule has 3 rings (SSSR count). The molecule has 0 aliphatic heterocycles. The van der Waals surface area contributed by atoms with Gasteiger partial charge in [-0.2, -0.15) is 0 Å². The van der Waals surface area contributed by atoms with Crippen molar-refractivity contribution in [1.29, 1.82) is 0 Å². The second kappa shape index (κ2) is 15.3. The second-order valence-corrected chi connectivity index (χ2v) is 12.2. The van der Waals surface area contributed by atoms with Crippen molar-refractivity contribution in [1.82, 2.24) is 0 Å². The zero-order chi connectivity index (χ0) is 32.4. The van der Waals surface area contributed by atoms with Gasteiger partial charge < -0.3 is 24.8 Å². The number of hydrogen-bond donors (Lipinski definition) is 3. The number of hydrogen-bond acceptors (Lipinski definition) is 10. The van der Waals surface area contributed by atoms with E-state index in [1.165, 1.54) is 31.2 Å². The number of quaternary nitrogens is 1. The lowest BCUT2D eigenvalue weighted by Gasteiger charge is -2.30. The second-order valence-electron chi connectivity index (χ2n) is 10.9. The Balaban J connectivity index is 0.000000448. The molecule has 234 valence electrons. The average Bonchev–Trinajstić information content (AvgIpc) is 2.90. The molecule has 0 heterocycles. The number of rotatable bonds is 13. The SMILES string of the molecule is Cc1cc(NCCC[N+](C)(C)CCCNc2ccc([N+](=O)[O-])c(C)c2)ccc1[N+](=O)[O-].Cc1ccc(O)cc1S(=O)(=O)[O-]. The molecule has 0 radical (unpaired) electrons. The van der Waals surface area contributed by atoms with E-state index in [-0.39, 0.29) is 31.9 Å². The Hall–Kier alpha value is -4.27. The molecule has 3 aromatic carbocycles. The third kappa shape index (κ3) is 11.5. The van der Waals surface area contributed by atoms with Gasteiger partial charge in [-0.05, 0) is 62.7 Å². The maximum Gasteiger partial charge on any atom is 0.272 e. The Kier molecular flexibility index (Phi) is 12.4. The number of phenols is 1. The fourth-order valence-corrected chi connectivity index (χ4v) is 5.12. The molecule has 0 aromatic heterocycles. The molecular weight excluding hydrogens is 578 g/mol. The van der Waals surface area contributed by atoms with Crippen LogP contribution in [0.25, 0.3) is 0 Å². The number of phenolic OH excluding ortho intramolecular Hbond substituents is 1. The zero-order valence-electron chi connectivity index (χ0n) is 25.0. The normalized spacial score (nSPS) is 11.3. The highest BCUT2D eigenvalue weighted by molar-refractivity contribution is 7.85. The molecule has 0 spiro atoms. The first-order chi connectivity index (χ1) is 20.0. The van der Waals surface area contributed by atoms with Crippen LogP contribution in [0.5, 0.6) is 5.75 Å². The smallest absolute Gasteiger partial charge is 0.272 e. The van der Waals surface area contributed by atoms with Gasteiger partial charge in [-0.15, -0.1) is 0 Å². The number of nitro groups is 2. The van der Waals surface area contributed by atoms with Gasteiger partial charge in [0.25, 0.3) is 11.4 Å². The van der Waals surface area contributed by atoms with Crippen molar-refractivity contribution >= 4 is 32.9 Å². The topological polar surface area (TPSA) is 188 Å². The van der Waals surface area contributed by atoms with E-state index in [2.05, 4.69) is 24.7 Å². The molecule has 13 nitrogen and oxygen atoms in total. The Labute approximate surface area is 251 Å². The van der Waals surface area contributed by atoms with Crippen LogP contribution in [-0.2, 0) is 10.1 Å². The van der Waals surface area contributed by atoms with Gasteiger partial charge in [0.2, 0.25) is 0 Å². The third-order valence-electron chi connectivity index (χ3n) is 6.77. The van der Waals surface area contributed by atoms with Gasteiger partial charge in [-0.25, -0.2) is 8.42 Å². The lowest BCUT2D eigenvalue weighted by atomic mass is 10.2. The molecule has 3 N–H and O–H groups in total. The number of benzene rings is 3. The minimum Gasteiger partial charge on any atom is -0.744 e. The summed E-state index contributed by atoms with van der Waals surface area (Å²) < 4.78 is 32.5. The maximum absolute atomic E-state index is 10.9. The predicted octanol–water partition coefficient (Wildman–Crippen LogP) is 5.11. The van der Waals surface area contributed by atoms with Crippen LogP contribution < -0.4 is 10.6 Å². The summed E-state index contributed by atoms with van der Waals surface area (Å²) in [6.07, 6.45) is 1.97. The summed E-state index contributed by atoms with van der Waals surface area (Å²) in [7, 11) is -0.0651. The minimum atomic E-state index is -4.47. The number of aromatic hydroxyl groups is 1. The van der Waals surface area contributed by atoms with E-state index in [1.807, 2.05) is 12.1 Å². The van der Waals surface area contributed by atoms with E-state index in [0.29, 0.717) is 16.7 Å². The molecule has 0 amide bonds. The van der Waals surface area contributed by atoms with Gasteiger partial charge in [-0.3, -0.25) is 20.2 Å². The summed E-state index contributed by atoms with van der Waals surface area (Å²) in [5, 5.41) is 37.4. The van der Waals surface area contributed by atoms with E-state index in [4.69, 9.17) is 5.11 Å². The van der Waals surface area contributed by atoms with Crippen molar-refractivity contribution in [2.24, 2.45) is 0 Å². The number of nitrogens with one attached hydrogen (secondary N) is 2. The number of nitro benzene ring substituents is 2. The fourth-order valence-electron chi connectivity index (χ4n) is 4.39. The molecule has 14 heteroatoms. The summed E-state index contributed by atoms with van der Waals surface area (Å²) in [6, 6.07) is 13.8. The molecule has 43 heavy (non-hydrogen) atoms. The summed E-state index contributed by atoms with van der Waals surface area (Å²) in [5.41, 5.74) is 3.72. The van der Waals surface area contributed by atoms with Gasteiger partial charge in [0.15, 0.2) is 0 Å². The highest BCUT2D eigenvalue weighted by Crippen LogP contribution is 2.23. The molecule has 0 saturated carbocycles. The van der Waals surface area contributed by atoms with Crippen LogP contribution in [-0.4, -0.2) is 72.7 Å². The highest BCUT2D eigenvalue weighted by atomic mass is 32.2. The lowest BCUT2D eigenvalue weighted by Crippen LogP contribution is -2.42. The van der Waals surface area contributed by atoms with Gasteiger partial charge >= 0.3 is 0 Å². The van der Waals surface area contributed by atoms with Crippen LogP contribution in [0, 0.1) is 41.0 Å². The van der Waals surface area contributed by atoms with E-state index < -0.39 is 10.1 Å². The Morgan fingerprint density at radius 1 is 0.744 bits per heavy atom. The van der Waals surface area contributed by atoms with Gasteiger partial charge in [-0.1, -0.05) is 6.07 Å². The maximum atomic E-state index is 10.9. The van der Waals surface area contributed by atoms with Gasteiger partial charge in [0.1, 0.15) is 15.9 Å². The van der Waals surface area contributed by atoms with Crippen LogP contribution >= 0.6 is 0 Å². The monoisotopic (exact) mass is 617 g/mol. The van der Waals surface area contributed by atoms with Crippen molar-refractivity contribution in [3.63, 3.8) is 0 Å². The van der Waals surface area contributed by atoms with Crippen LogP contribution in [0.2, 0.25) is 0 Å². The Morgan fingerprint density at radius 2 is 1.19 bits per heavy atom. The van der Waals surface area contributed by atoms with E-state index in [9.17, 15) is 33.2 Å². The zero-order valence-corrected chi connectivity index (χ0v) is 25.8. The van der Waals surface area contributed by atoms with Gasteiger partial charge in [0, 0.05) is 60.6 Å². The standard InChI is InChI=1S/C22H32N5O4.C7H8O4S/c1-17-15-19(7-9-21(17)25(28)29)23-11-5-13-27(3,4)14-6-12-24-20-8-10-22(26(30)31)18(2)16-20;1-5-2-3-6(8)4-7(5)12(9,10)11/h7-10,15-16,23-24H,5-6,11-14H2,1-4H3;2-4,8H,1H3,(H,9,10,11)/q+1;/p-1.